The molecule has 0 bridgehead atoms. The van der Waals surface area contributed by atoms with Crippen molar-refractivity contribution in [2.45, 2.75) is 17.1 Å². The topological polar surface area (TPSA) is 52.6 Å². The Balaban J connectivity index is 1.38. The molecule has 7 heteroatoms. The van der Waals surface area contributed by atoms with Crippen LogP contribution in [0.1, 0.15) is 6.92 Å². The maximum absolute atomic E-state index is 12.9. The van der Waals surface area contributed by atoms with E-state index in [1.807, 2.05) is 28.8 Å². The summed E-state index contributed by atoms with van der Waals surface area (Å²) in [4.78, 5) is 29.1. The molecule has 1 aromatic carbocycles. The fourth-order valence-electron chi connectivity index (χ4n) is 3.50. The maximum atomic E-state index is 12.9. The summed E-state index contributed by atoms with van der Waals surface area (Å²) < 4.78 is 0. The number of amides is 1. The fraction of sp³-hybridized carbons (Fsp3) is 0.421. The Bertz CT molecular complexity index is 764. The highest BCUT2D eigenvalue weighted by Gasteiger charge is 2.27. The zero-order chi connectivity index (χ0) is 17.9. The molecule has 1 amide bonds. The predicted octanol–water partition coefficient (Wildman–Crippen LogP) is 2.13. The largest absolute Gasteiger partial charge is 0.360 e. The third-order valence-corrected chi connectivity index (χ3v) is 5.96. The molecular weight excluding hydrogens is 346 g/mol. The Morgan fingerprint density at radius 1 is 1.12 bits per heavy atom. The van der Waals surface area contributed by atoms with Crippen LogP contribution in [0.4, 0.5) is 11.6 Å². The summed E-state index contributed by atoms with van der Waals surface area (Å²) in [5.41, 5.74) is 1.18. The van der Waals surface area contributed by atoms with E-state index in [9.17, 15) is 4.79 Å². The third kappa shape index (κ3) is 3.62. The zero-order valence-corrected chi connectivity index (χ0v) is 15.7. The number of benzene rings is 1. The number of fused-ring (bicyclic) bond motifs is 1. The van der Waals surface area contributed by atoms with Crippen molar-refractivity contribution >= 4 is 29.3 Å². The molecule has 0 saturated carbocycles. The quantitative estimate of drug-likeness (QED) is 0.826. The van der Waals surface area contributed by atoms with Gasteiger partial charge >= 0.3 is 0 Å². The molecule has 4 rings (SSSR count). The third-order valence-electron chi connectivity index (χ3n) is 4.81. The van der Waals surface area contributed by atoms with Crippen LogP contribution >= 0.6 is 11.8 Å². The smallest absolute Gasteiger partial charge is 0.242 e. The van der Waals surface area contributed by atoms with Crippen molar-refractivity contribution in [2.24, 2.45) is 0 Å². The van der Waals surface area contributed by atoms with Gasteiger partial charge < -0.3 is 14.7 Å². The van der Waals surface area contributed by atoms with Gasteiger partial charge in [-0.25, -0.2) is 9.97 Å². The average Bonchev–Trinajstić information content (AvgIpc) is 2.68. The minimum Gasteiger partial charge on any atom is -0.360 e. The Kier molecular flexibility index (Phi) is 4.97. The van der Waals surface area contributed by atoms with Gasteiger partial charge in [0.1, 0.15) is 0 Å². The minimum atomic E-state index is 0.201. The number of thioether (sulfide) groups is 1. The Morgan fingerprint density at radius 2 is 1.85 bits per heavy atom. The van der Waals surface area contributed by atoms with E-state index in [0.29, 0.717) is 11.8 Å². The summed E-state index contributed by atoms with van der Waals surface area (Å²) in [6.45, 7) is 6.57. The van der Waals surface area contributed by atoms with Crippen LogP contribution in [0.15, 0.2) is 47.6 Å². The molecule has 1 aromatic heterocycles. The molecule has 1 atom stereocenters. The van der Waals surface area contributed by atoms with Gasteiger partial charge in [0.2, 0.25) is 11.9 Å². The number of para-hydroxylation sites is 1. The Morgan fingerprint density at radius 3 is 2.62 bits per heavy atom. The van der Waals surface area contributed by atoms with Gasteiger partial charge in [0.15, 0.2) is 0 Å². The molecule has 2 aliphatic heterocycles. The lowest BCUT2D eigenvalue weighted by Gasteiger charge is -2.38. The van der Waals surface area contributed by atoms with Crippen molar-refractivity contribution in [3.8, 4) is 0 Å². The standard InChI is InChI=1S/C19H23N5OS/c1-15-13-24(16-5-2-3-6-17(16)26-15)14-18(25)22-9-11-23(12-10-22)19-20-7-4-8-21-19/h2-8,15H,9-14H2,1H3/t15-/m0/s1. The van der Waals surface area contributed by atoms with E-state index < -0.39 is 0 Å². The molecule has 0 spiro atoms. The van der Waals surface area contributed by atoms with E-state index in [0.717, 1.165) is 38.7 Å². The zero-order valence-electron chi connectivity index (χ0n) is 14.9. The van der Waals surface area contributed by atoms with E-state index in [4.69, 9.17) is 0 Å². The highest BCUT2D eigenvalue weighted by Crippen LogP contribution is 2.37. The summed E-state index contributed by atoms with van der Waals surface area (Å²) in [5.74, 6) is 0.947. The van der Waals surface area contributed by atoms with E-state index in [-0.39, 0.29) is 5.91 Å². The first kappa shape index (κ1) is 17.1. The molecule has 3 heterocycles. The molecule has 2 aromatic rings. The molecule has 0 unspecified atom stereocenters. The second-order valence-corrected chi connectivity index (χ2v) is 8.17. The van der Waals surface area contributed by atoms with Gasteiger partial charge in [-0.05, 0) is 18.2 Å². The average molecular weight is 369 g/mol. The highest BCUT2D eigenvalue weighted by molar-refractivity contribution is 8.00. The lowest BCUT2D eigenvalue weighted by Crippen LogP contribution is -2.52. The van der Waals surface area contributed by atoms with Crippen LogP contribution < -0.4 is 9.80 Å². The molecule has 0 aliphatic carbocycles. The van der Waals surface area contributed by atoms with Crippen molar-refractivity contribution in [1.29, 1.82) is 0 Å². The Labute approximate surface area is 158 Å². The number of anilines is 2. The van der Waals surface area contributed by atoms with Crippen LogP contribution in [0.2, 0.25) is 0 Å². The second-order valence-electron chi connectivity index (χ2n) is 6.69. The number of hydrogen-bond donors (Lipinski definition) is 0. The molecule has 2 aliphatic rings. The van der Waals surface area contributed by atoms with E-state index in [1.54, 1.807) is 12.4 Å². The number of piperazine rings is 1. The summed E-state index contributed by atoms with van der Waals surface area (Å²) in [6.07, 6.45) is 3.51. The number of carbonyl (C=O) groups is 1. The first-order valence-electron chi connectivity index (χ1n) is 9.01. The summed E-state index contributed by atoms with van der Waals surface area (Å²) in [5, 5.41) is 0.491. The van der Waals surface area contributed by atoms with Gasteiger partial charge in [-0.3, -0.25) is 4.79 Å². The summed E-state index contributed by atoms with van der Waals surface area (Å²) in [6, 6.07) is 10.2. The lowest BCUT2D eigenvalue weighted by atomic mass is 10.2. The van der Waals surface area contributed by atoms with Crippen LogP contribution in [0.3, 0.4) is 0 Å². The first-order valence-corrected chi connectivity index (χ1v) is 9.89. The molecule has 0 radical (unpaired) electrons. The maximum Gasteiger partial charge on any atom is 0.242 e. The molecule has 0 N–H and O–H groups in total. The molecule has 26 heavy (non-hydrogen) atoms. The van der Waals surface area contributed by atoms with Crippen molar-refractivity contribution in [3.05, 3.63) is 42.7 Å². The van der Waals surface area contributed by atoms with Gasteiger partial charge in [0.25, 0.3) is 0 Å². The van der Waals surface area contributed by atoms with Crippen molar-refractivity contribution in [2.75, 3.05) is 49.1 Å². The number of aromatic nitrogens is 2. The predicted molar refractivity (Wildman–Crippen MR) is 105 cm³/mol. The summed E-state index contributed by atoms with van der Waals surface area (Å²) in [7, 11) is 0. The van der Waals surface area contributed by atoms with E-state index in [1.165, 1.54) is 10.6 Å². The molecule has 136 valence electrons. The second kappa shape index (κ2) is 7.53. The van der Waals surface area contributed by atoms with Crippen LogP contribution in [0.5, 0.6) is 0 Å². The molecule has 1 saturated heterocycles. The number of rotatable bonds is 3. The van der Waals surface area contributed by atoms with E-state index >= 15 is 0 Å². The number of nitrogens with zero attached hydrogens (tertiary/aromatic N) is 5. The van der Waals surface area contributed by atoms with Gasteiger partial charge in [-0.2, -0.15) is 0 Å². The molecule has 1 fully saturated rings. The van der Waals surface area contributed by atoms with Crippen LogP contribution in [0.25, 0.3) is 0 Å². The summed E-state index contributed by atoms with van der Waals surface area (Å²) >= 11 is 1.89. The first-order chi connectivity index (χ1) is 12.7. The normalized spacial score (nSPS) is 20.0. The molecule has 6 nitrogen and oxygen atoms in total. The van der Waals surface area contributed by atoms with Crippen molar-refractivity contribution in [1.82, 2.24) is 14.9 Å². The van der Waals surface area contributed by atoms with E-state index in [2.05, 4.69) is 44.9 Å². The van der Waals surface area contributed by atoms with Gasteiger partial charge in [0, 0.05) is 55.3 Å². The SMILES string of the molecule is C[C@H]1CN(CC(=O)N2CCN(c3ncccn3)CC2)c2ccccc2S1. The lowest BCUT2D eigenvalue weighted by molar-refractivity contribution is -0.130. The molecular formula is C19H23N5OS. The van der Waals surface area contributed by atoms with Crippen molar-refractivity contribution in [3.63, 3.8) is 0 Å². The van der Waals surface area contributed by atoms with Gasteiger partial charge in [-0.1, -0.05) is 19.1 Å². The van der Waals surface area contributed by atoms with Gasteiger partial charge in [0.05, 0.1) is 12.2 Å². The van der Waals surface area contributed by atoms with Crippen molar-refractivity contribution < 1.29 is 4.79 Å². The van der Waals surface area contributed by atoms with Crippen LogP contribution in [0, 0.1) is 0 Å². The van der Waals surface area contributed by atoms with Crippen LogP contribution in [-0.2, 0) is 4.79 Å². The minimum absolute atomic E-state index is 0.201. The number of hydrogen-bond acceptors (Lipinski definition) is 6. The van der Waals surface area contributed by atoms with Gasteiger partial charge in [-0.15, -0.1) is 11.8 Å². The number of carbonyl (C=O) groups excluding carboxylic acids is 1. The Hall–Kier alpha value is -2.28. The fourth-order valence-corrected chi connectivity index (χ4v) is 4.67. The monoisotopic (exact) mass is 369 g/mol. The van der Waals surface area contributed by atoms with Crippen LogP contribution in [-0.4, -0.2) is 65.3 Å². The highest BCUT2D eigenvalue weighted by atomic mass is 32.2.